The molecule has 2 nitrogen and oxygen atoms in total. The molecule has 0 bridgehead atoms. The maximum atomic E-state index is 9.50. The number of hydrogen-bond acceptors (Lipinski definition) is 2. The molecule has 0 unspecified atom stereocenters. The molecule has 0 radical (unpaired) electrons. The molecule has 0 aromatic heterocycles. The summed E-state index contributed by atoms with van der Waals surface area (Å²) in [4.78, 5) is 0. The van der Waals surface area contributed by atoms with Crippen LogP contribution in [0.25, 0.3) is 11.1 Å². The predicted molar refractivity (Wildman–Crippen MR) is 105 cm³/mol. The fourth-order valence-electron chi connectivity index (χ4n) is 3.51. The maximum Gasteiger partial charge on any atom is 0.145 e. The van der Waals surface area contributed by atoms with Gasteiger partial charge in [0.05, 0.1) is 5.56 Å². The molecule has 128 valence electrons. The summed E-state index contributed by atoms with van der Waals surface area (Å²) in [7, 11) is 0. The van der Waals surface area contributed by atoms with E-state index in [0.717, 1.165) is 17.7 Å². The van der Waals surface area contributed by atoms with Gasteiger partial charge >= 0.3 is 0 Å². The van der Waals surface area contributed by atoms with Crippen LogP contribution >= 0.6 is 0 Å². The van der Waals surface area contributed by atoms with E-state index in [1.807, 2.05) is 30.3 Å². The Bertz CT molecular complexity index is 1030. The highest BCUT2D eigenvalue weighted by Crippen LogP contribution is 2.43. The molecule has 0 saturated heterocycles. The number of fused-ring (bicyclic) bond motifs is 3. The topological polar surface area (TPSA) is 33.0 Å². The van der Waals surface area contributed by atoms with E-state index in [-0.39, 0.29) is 5.41 Å². The number of ether oxygens (including phenoxy) is 1. The van der Waals surface area contributed by atoms with Crippen LogP contribution in [0.3, 0.4) is 0 Å². The second-order valence-corrected chi connectivity index (χ2v) is 7.79. The largest absolute Gasteiger partial charge is 0.456 e. The zero-order chi connectivity index (χ0) is 18.3. The minimum Gasteiger partial charge on any atom is -0.456 e. The van der Waals surface area contributed by atoms with Crippen molar-refractivity contribution in [1.82, 2.24) is 0 Å². The molecule has 3 aromatic rings. The standard InChI is InChI=1S/C24H21NO/c1-24(2,3)18-12-11-17(15-25)23(14-18)26-22-10-6-9-20-19-8-5-4-7-16(19)13-21(20)22/h4-12,14H,13H2,1-3H3. The van der Waals surface area contributed by atoms with E-state index in [0.29, 0.717) is 11.3 Å². The van der Waals surface area contributed by atoms with Gasteiger partial charge < -0.3 is 4.74 Å². The van der Waals surface area contributed by atoms with Crippen molar-refractivity contribution in [1.29, 1.82) is 5.26 Å². The summed E-state index contributed by atoms with van der Waals surface area (Å²) in [5, 5.41) is 9.50. The summed E-state index contributed by atoms with van der Waals surface area (Å²) in [6.45, 7) is 6.49. The van der Waals surface area contributed by atoms with Crippen molar-refractivity contribution >= 4 is 0 Å². The van der Waals surface area contributed by atoms with E-state index < -0.39 is 0 Å². The van der Waals surface area contributed by atoms with Crippen LogP contribution < -0.4 is 4.74 Å². The van der Waals surface area contributed by atoms with Gasteiger partial charge in [-0.1, -0.05) is 63.2 Å². The zero-order valence-corrected chi connectivity index (χ0v) is 15.3. The Balaban J connectivity index is 1.77. The smallest absolute Gasteiger partial charge is 0.145 e. The van der Waals surface area contributed by atoms with Crippen molar-refractivity contribution < 1.29 is 4.74 Å². The van der Waals surface area contributed by atoms with Crippen LogP contribution in [-0.4, -0.2) is 0 Å². The monoisotopic (exact) mass is 339 g/mol. The molecule has 0 atom stereocenters. The molecule has 0 heterocycles. The fourth-order valence-corrected chi connectivity index (χ4v) is 3.51. The summed E-state index contributed by atoms with van der Waals surface area (Å²) >= 11 is 0. The normalized spacial score (nSPS) is 12.2. The highest BCUT2D eigenvalue weighted by Gasteiger charge is 2.22. The van der Waals surface area contributed by atoms with Crippen molar-refractivity contribution in [2.75, 3.05) is 0 Å². The van der Waals surface area contributed by atoms with Crippen molar-refractivity contribution in [3.63, 3.8) is 0 Å². The SMILES string of the molecule is CC(C)(C)c1ccc(C#N)c(Oc2cccc3c2Cc2ccccc2-3)c1. The van der Waals surface area contributed by atoms with E-state index in [2.05, 4.69) is 57.2 Å². The van der Waals surface area contributed by atoms with Gasteiger partial charge in [0.2, 0.25) is 0 Å². The first-order chi connectivity index (χ1) is 12.5. The average Bonchev–Trinajstić information content (AvgIpc) is 3.01. The maximum absolute atomic E-state index is 9.50. The lowest BCUT2D eigenvalue weighted by molar-refractivity contribution is 0.473. The zero-order valence-electron chi connectivity index (χ0n) is 15.3. The lowest BCUT2D eigenvalue weighted by atomic mass is 9.86. The van der Waals surface area contributed by atoms with E-state index in [9.17, 15) is 5.26 Å². The van der Waals surface area contributed by atoms with Gasteiger partial charge in [-0.25, -0.2) is 0 Å². The minimum atomic E-state index is 0.000959. The molecular weight excluding hydrogens is 318 g/mol. The molecule has 0 saturated carbocycles. The van der Waals surface area contributed by atoms with E-state index >= 15 is 0 Å². The number of hydrogen-bond donors (Lipinski definition) is 0. The molecule has 1 aliphatic rings. The Hall–Kier alpha value is -3.05. The van der Waals surface area contributed by atoms with Crippen LogP contribution in [0.4, 0.5) is 0 Å². The molecule has 0 spiro atoms. The third-order valence-electron chi connectivity index (χ3n) is 5.00. The van der Waals surface area contributed by atoms with Crippen molar-refractivity contribution in [3.8, 4) is 28.7 Å². The van der Waals surface area contributed by atoms with E-state index in [1.54, 1.807) is 0 Å². The second-order valence-electron chi connectivity index (χ2n) is 7.79. The quantitative estimate of drug-likeness (QED) is 0.434. The molecule has 2 heteroatoms. The van der Waals surface area contributed by atoms with Crippen LogP contribution in [0, 0.1) is 11.3 Å². The Morgan fingerprint density at radius 1 is 0.885 bits per heavy atom. The lowest BCUT2D eigenvalue weighted by Gasteiger charge is -2.20. The molecule has 0 fully saturated rings. The van der Waals surface area contributed by atoms with Crippen LogP contribution in [0.15, 0.2) is 60.7 Å². The molecular formula is C24H21NO. The first-order valence-electron chi connectivity index (χ1n) is 8.90. The van der Waals surface area contributed by atoms with Crippen molar-refractivity contribution in [2.24, 2.45) is 0 Å². The Morgan fingerprint density at radius 2 is 1.65 bits per heavy atom. The van der Waals surface area contributed by atoms with Crippen LogP contribution in [0.2, 0.25) is 0 Å². The first kappa shape index (κ1) is 16.4. The third-order valence-corrected chi connectivity index (χ3v) is 5.00. The summed E-state index contributed by atoms with van der Waals surface area (Å²) in [5.74, 6) is 1.46. The van der Waals surface area contributed by atoms with Crippen molar-refractivity contribution in [2.45, 2.75) is 32.6 Å². The van der Waals surface area contributed by atoms with Crippen molar-refractivity contribution in [3.05, 3.63) is 82.9 Å². The Labute approximate surface area is 154 Å². The molecule has 3 aromatic carbocycles. The predicted octanol–water partition coefficient (Wildman–Crippen LogP) is 6.22. The summed E-state index contributed by atoms with van der Waals surface area (Å²) in [6.07, 6.45) is 0.864. The Morgan fingerprint density at radius 3 is 2.42 bits per heavy atom. The van der Waals surface area contributed by atoms with Gasteiger partial charge in [0.1, 0.15) is 17.6 Å². The van der Waals surface area contributed by atoms with E-state index in [1.165, 1.54) is 22.3 Å². The molecule has 0 aliphatic heterocycles. The second kappa shape index (κ2) is 6.04. The highest BCUT2D eigenvalue weighted by molar-refractivity contribution is 5.79. The first-order valence-corrected chi connectivity index (χ1v) is 8.90. The molecule has 26 heavy (non-hydrogen) atoms. The summed E-state index contributed by atoms with van der Waals surface area (Å²) in [5.41, 5.74) is 6.73. The lowest BCUT2D eigenvalue weighted by Crippen LogP contribution is -2.11. The van der Waals surface area contributed by atoms with Gasteiger partial charge in [0.25, 0.3) is 0 Å². The van der Waals surface area contributed by atoms with Gasteiger partial charge in [-0.15, -0.1) is 0 Å². The summed E-state index contributed by atoms with van der Waals surface area (Å²) in [6, 6.07) is 22.8. The number of rotatable bonds is 2. The molecule has 4 rings (SSSR count). The number of benzene rings is 3. The minimum absolute atomic E-state index is 0.000959. The molecule has 0 amide bonds. The van der Waals surface area contributed by atoms with Gasteiger partial charge in [-0.2, -0.15) is 5.26 Å². The van der Waals surface area contributed by atoms with E-state index in [4.69, 9.17) is 4.74 Å². The van der Waals surface area contributed by atoms with Gasteiger partial charge in [-0.05, 0) is 45.9 Å². The molecule has 1 aliphatic carbocycles. The number of nitriles is 1. The molecule has 0 N–H and O–H groups in total. The van der Waals surface area contributed by atoms with Crippen LogP contribution in [0.1, 0.15) is 43.0 Å². The summed E-state index contributed by atoms with van der Waals surface area (Å²) < 4.78 is 6.29. The van der Waals surface area contributed by atoms with Crippen LogP contribution in [-0.2, 0) is 11.8 Å². The third kappa shape index (κ3) is 2.76. The van der Waals surface area contributed by atoms with Gasteiger partial charge in [-0.3, -0.25) is 0 Å². The number of nitrogens with zero attached hydrogens (tertiary/aromatic N) is 1. The average molecular weight is 339 g/mol. The fraction of sp³-hybridized carbons (Fsp3) is 0.208. The van der Waals surface area contributed by atoms with Gasteiger partial charge in [0, 0.05) is 12.0 Å². The Kier molecular flexibility index (Phi) is 3.81. The van der Waals surface area contributed by atoms with Crippen LogP contribution in [0.5, 0.6) is 11.5 Å². The highest BCUT2D eigenvalue weighted by atomic mass is 16.5. The van der Waals surface area contributed by atoms with Gasteiger partial charge in [0.15, 0.2) is 0 Å².